The van der Waals surface area contributed by atoms with Crippen LogP contribution in [0.15, 0.2) is 36.4 Å². The van der Waals surface area contributed by atoms with E-state index in [0.717, 1.165) is 12.0 Å². The maximum Gasteiger partial charge on any atom is 0.573 e. The highest BCUT2D eigenvalue weighted by atomic mass is 19.4. The third-order valence-corrected chi connectivity index (χ3v) is 2.14. The van der Waals surface area contributed by atoms with Gasteiger partial charge in [0.25, 0.3) is 0 Å². The van der Waals surface area contributed by atoms with Crippen molar-refractivity contribution in [3.63, 3.8) is 0 Å². The van der Waals surface area contributed by atoms with E-state index in [1.807, 2.05) is 6.92 Å². The number of halogens is 3. The van der Waals surface area contributed by atoms with Crippen LogP contribution in [0.25, 0.3) is 0 Å². The molecule has 0 aliphatic heterocycles. The normalized spacial score (nSPS) is 11.1. The topological polar surface area (TPSA) is 21.3 Å². The van der Waals surface area contributed by atoms with Crippen LogP contribution in [-0.2, 0) is 0 Å². The number of rotatable bonds is 5. The summed E-state index contributed by atoms with van der Waals surface area (Å²) < 4.78 is 40.3. The van der Waals surface area contributed by atoms with Gasteiger partial charge in [0.1, 0.15) is 0 Å². The molecule has 5 heteroatoms. The molecular weight excluding hydrogens is 231 g/mol. The highest BCUT2D eigenvalue weighted by Gasteiger charge is 2.31. The number of para-hydroxylation sites is 2. The van der Waals surface area contributed by atoms with Crippen molar-refractivity contribution in [2.45, 2.75) is 19.7 Å². The van der Waals surface area contributed by atoms with Gasteiger partial charge in [-0.3, -0.25) is 0 Å². The average molecular weight is 245 g/mol. The molecule has 0 saturated carbocycles. The molecule has 0 radical (unpaired) electrons. The van der Waals surface area contributed by atoms with Gasteiger partial charge in [-0.15, -0.1) is 13.2 Å². The van der Waals surface area contributed by atoms with Gasteiger partial charge in [0.15, 0.2) is 5.75 Å². The third-order valence-electron chi connectivity index (χ3n) is 2.14. The molecule has 17 heavy (non-hydrogen) atoms. The Morgan fingerprint density at radius 3 is 2.59 bits per heavy atom. The fraction of sp³-hybridized carbons (Fsp3) is 0.333. The zero-order valence-corrected chi connectivity index (χ0v) is 9.47. The maximum absolute atomic E-state index is 12.1. The molecule has 1 aromatic carbocycles. The summed E-state index contributed by atoms with van der Waals surface area (Å²) in [5.41, 5.74) is 1.21. The highest BCUT2D eigenvalue weighted by Crippen LogP contribution is 2.29. The first-order chi connectivity index (χ1) is 7.92. The summed E-state index contributed by atoms with van der Waals surface area (Å²) in [4.78, 5) is 0. The molecule has 0 saturated heterocycles. The van der Waals surface area contributed by atoms with Gasteiger partial charge in [0.05, 0.1) is 5.69 Å². The van der Waals surface area contributed by atoms with Crippen LogP contribution < -0.4 is 10.1 Å². The molecular formula is C12H14F3NO. The number of ether oxygens (including phenoxy) is 1. The number of hydrogen-bond acceptors (Lipinski definition) is 2. The van der Waals surface area contributed by atoms with Crippen molar-refractivity contribution in [1.82, 2.24) is 0 Å². The zero-order chi connectivity index (χ0) is 12.9. The predicted molar refractivity (Wildman–Crippen MR) is 61.0 cm³/mol. The van der Waals surface area contributed by atoms with E-state index >= 15 is 0 Å². The Kier molecular flexibility index (Phi) is 4.43. The van der Waals surface area contributed by atoms with Gasteiger partial charge in [0.2, 0.25) is 0 Å². The number of nitrogens with one attached hydrogen (secondary N) is 1. The van der Waals surface area contributed by atoms with E-state index in [1.54, 1.807) is 6.07 Å². The van der Waals surface area contributed by atoms with E-state index in [0.29, 0.717) is 12.2 Å². The van der Waals surface area contributed by atoms with Crippen LogP contribution in [-0.4, -0.2) is 12.9 Å². The number of hydrogen-bond donors (Lipinski definition) is 1. The molecule has 94 valence electrons. The second kappa shape index (κ2) is 5.61. The predicted octanol–water partition coefficient (Wildman–Crippen LogP) is 3.96. The largest absolute Gasteiger partial charge is 0.573 e. The van der Waals surface area contributed by atoms with Crippen molar-refractivity contribution in [2.75, 3.05) is 11.9 Å². The fourth-order valence-electron chi connectivity index (χ4n) is 1.17. The van der Waals surface area contributed by atoms with Gasteiger partial charge >= 0.3 is 6.36 Å². The van der Waals surface area contributed by atoms with E-state index in [4.69, 9.17) is 0 Å². The summed E-state index contributed by atoms with van der Waals surface area (Å²) in [6.45, 7) is 6.12. The Bertz CT molecular complexity index is 388. The highest BCUT2D eigenvalue weighted by molar-refractivity contribution is 5.56. The molecule has 0 amide bonds. The first kappa shape index (κ1) is 13.4. The Morgan fingerprint density at radius 1 is 1.35 bits per heavy atom. The van der Waals surface area contributed by atoms with Crippen molar-refractivity contribution >= 4 is 5.69 Å². The minimum Gasteiger partial charge on any atom is -0.404 e. The Labute approximate surface area is 98.1 Å². The van der Waals surface area contributed by atoms with E-state index in [1.165, 1.54) is 18.2 Å². The van der Waals surface area contributed by atoms with Crippen LogP contribution in [0.4, 0.5) is 18.9 Å². The number of anilines is 1. The minimum absolute atomic E-state index is 0.232. The summed E-state index contributed by atoms with van der Waals surface area (Å²) >= 11 is 0. The molecule has 0 aliphatic carbocycles. The second-order valence-corrected chi connectivity index (χ2v) is 3.50. The number of benzene rings is 1. The van der Waals surface area contributed by atoms with Crippen LogP contribution in [0.1, 0.15) is 13.3 Å². The summed E-state index contributed by atoms with van der Waals surface area (Å²) in [6.07, 6.45) is -3.91. The van der Waals surface area contributed by atoms with E-state index < -0.39 is 6.36 Å². The summed E-state index contributed by atoms with van der Waals surface area (Å²) in [5, 5.41) is 2.86. The smallest absolute Gasteiger partial charge is 0.404 e. The molecule has 0 heterocycles. The molecule has 1 N–H and O–H groups in total. The van der Waals surface area contributed by atoms with Crippen molar-refractivity contribution < 1.29 is 17.9 Å². The van der Waals surface area contributed by atoms with Crippen molar-refractivity contribution in [3.8, 4) is 5.75 Å². The summed E-state index contributed by atoms with van der Waals surface area (Å²) in [6, 6.07) is 5.93. The standard InChI is InChI=1S/C12H14F3NO/c1-3-9(2)8-16-10-6-4-5-7-11(10)17-12(13,14)15/h4-7,16H,2-3,8H2,1H3. The van der Waals surface area contributed by atoms with Gasteiger partial charge in [-0.1, -0.05) is 31.2 Å². The summed E-state index contributed by atoms with van der Waals surface area (Å²) in [5.74, 6) is -0.232. The molecule has 0 unspecified atom stereocenters. The quantitative estimate of drug-likeness (QED) is 0.793. The lowest BCUT2D eigenvalue weighted by Gasteiger charge is -2.14. The Morgan fingerprint density at radius 2 is 2.00 bits per heavy atom. The zero-order valence-electron chi connectivity index (χ0n) is 9.47. The molecule has 2 nitrogen and oxygen atoms in total. The van der Waals surface area contributed by atoms with Crippen molar-refractivity contribution in [3.05, 3.63) is 36.4 Å². The van der Waals surface area contributed by atoms with Gasteiger partial charge in [-0.25, -0.2) is 0 Å². The van der Waals surface area contributed by atoms with Crippen LogP contribution >= 0.6 is 0 Å². The molecule has 0 atom stereocenters. The monoisotopic (exact) mass is 245 g/mol. The van der Waals surface area contributed by atoms with Crippen LogP contribution in [0, 0.1) is 0 Å². The first-order valence-electron chi connectivity index (χ1n) is 5.17. The van der Waals surface area contributed by atoms with Crippen LogP contribution in [0.3, 0.4) is 0 Å². The lowest BCUT2D eigenvalue weighted by molar-refractivity contribution is -0.274. The third kappa shape index (κ3) is 4.80. The van der Waals surface area contributed by atoms with Crippen LogP contribution in [0.2, 0.25) is 0 Å². The molecule has 0 aliphatic rings. The number of alkyl halides is 3. The molecule has 1 aromatic rings. The minimum atomic E-state index is -4.68. The first-order valence-corrected chi connectivity index (χ1v) is 5.17. The van der Waals surface area contributed by atoms with Crippen molar-refractivity contribution in [2.24, 2.45) is 0 Å². The van der Waals surface area contributed by atoms with Gasteiger partial charge in [-0.2, -0.15) is 0 Å². The average Bonchev–Trinajstić information content (AvgIpc) is 2.25. The lowest BCUT2D eigenvalue weighted by atomic mass is 10.2. The molecule has 0 fully saturated rings. The van der Waals surface area contributed by atoms with Crippen LogP contribution in [0.5, 0.6) is 5.75 Å². The lowest BCUT2D eigenvalue weighted by Crippen LogP contribution is -2.18. The molecule has 0 bridgehead atoms. The summed E-state index contributed by atoms with van der Waals surface area (Å²) in [7, 11) is 0. The molecule has 0 spiro atoms. The van der Waals surface area contributed by atoms with Gasteiger partial charge in [-0.05, 0) is 18.6 Å². The van der Waals surface area contributed by atoms with Gasteiger partial charge < -0.3 is 10.1 Å². The Hall–Kier alpha value is -1.65. The fourth-order valence-corrected chi connectivity index (χ4v) is 1.17. The van der Waals surface area contributed by atoms with Crippen molar-refractivity contribution in [1.29, 1.82) is 0 Å². The van der Waals surface area contributed by atoms with E-state index in [2.05, 4.69) is 16.6 Å². The molecule has 0 aromatic heterocycles. The maximum atomic E-state index is 12.1. The molecule has 1 rings (SSSR count). The second-order valence-electron chi connectivity index (χ2n) is 3.50. The van der Waals surface area contributed by atoms with Gasteiger partial charge in [0, 0.05) is 6.54 Å². The SMILES string of the molecule is C=C(CC)CNc1ccccc1OC(F)(F)F. The van der Waals surface area contributed by atoms with E-state index in [-0.39, 0.29) is 5.75 Å². The van der Waals surface area contributed by atoms with E-state index in [9.17, 15) is 13.2 Å². The Balaban J connectivity index is 2.74.